The molecule has 7 nitrogen and oxygen atoms in total. The van der Waals surface area contributed by atoms with Crippen molar-refractivity contribution in [1.29, 1.82) is 0 Å². The molecule has 1 N–H and O–H groups in total. The predicted octanol–water partition coefficient (Wildman–Crippen LogP) is 1.90. The fraction of sp³-hybridized carbons (Fsp3) is 0.522. The summed E-state index contributed by atoms with van der Waals surface area (Å²) in [6.07, 6.45) is 7.82. The van der Waals surface area contributed by atoms with E-state index in [-0.39, 0.29) is 17.6 Å². The van der Waals surface area contributed by atoms with Gasteiger partial charge >= 0.3 is 0 Å². The van der Waals surface area contributed by atoms with Gasteiger partial charge in [-0.05, 0) is 31.4 Å². The van der Waals surface area contributed by atoms with Gasteiger partial charge in [0.25, 0.3) is 0 Å². The van der Waals surface area contributed by atoms with Gasteiger partial charge < -0.3 is 14.6 Å². The van der Waals surface area contributed by atoms with Crippen molar-refractivity contribution in [2.45, 2.75) is 38.0 Å². The SMILES string of the molecule is Cc1nncn1CCN1C[C@@H]2[C@H](CNC(=O)C=Cc3ccccc3)[C@H]3CC[C@]2(C1)O3. The molecule has 3 saturated heterocycles. The van der Waals surface area contributed by atoms with Gasteiger partial charge in [-0.25, -0.2) is 0 Å². The Morgan fingerprint density at radius 3 is 3.00 bits per heavy atom. The molecule has 3 aliphatic rings. The van der Waals surface area contributed by atoms with Crippen molar-refractivity contribution in [1.82, 2.24) is 25.0 Å². The van der Waals surface area contributed by atoms with E-state index in [0.29, 0.717) is 18.4 Å². The van der Waals surface area contributed by atoms with Crippen LogP contribution in [0.1, 0.15) is 24.2 Å². The highest BCUT2D eigenvalue weighted by molar-refractivity contribution is 5.91. The van der Waals surface area contributed by atoms with E-state index in [4.69, 9.17) is 4.74 Å². The second-order valence-corrected chi connectivity index (χ2v) is 8.83. The number of nitrogens with one attached hydrogen (secondary N) is 1. The van der Waals surface area contributed by atoms with Gasteiger partial charge in [-0.2, -0.15) is 0 Å². The van der Waals surface area contributed by atoms with E-state index in [1.165, 1.54) is 0 Å². The number of carbonyl (C=O) groups excluding carboxylic acids is 1. The summed E-state index contributed by atoms with van der Waals surface area (Å²) in [5.41, 5.74) is 1.02. The summed E-state index contributed by atoms with van der Waals surface area (Å²) in [6, 6.07) is 9.90. The molecule has 1 aromatic carbocycles. The Hall–Kier alpha value is -2.51. The molecule has 0 aliphatic carbocycles. The molecule has 7 heteroatoms. The van der Waals surface area contributed by atoms with Crippen LogP contribution in [0.2, 0.25) is 0 Å². The van der Waals surface area contributed by atoms with Crippen LogP contribution in [0.3, 0.4) is 0 Å². The van der Waals surface area contributed by atoms with Crippen molar-refractivity contribution in [2.75, 3.05) is 26.2 Å². The average molecular weight is 408 g/mol. The van der Waals surface area contributed by atoms with Crippen LogP contribution in [0.4, 0.5) is 0 Å². The van der Waals surface area contributed by atoms with Gasteiger partial charge in [0.05, 0.1) is 11.7 Å². The highest BCUT2D eigenvalue weighted by Gasteiger charge is 2.62. The number of hydrogen-bond donors (Lipinski definition) is 1. The van der Waals surface area contributed by atoms with E-state index in [1.54, 1.807) is 12.4 Å². The van der Waals surface area contributed by atoms with Crippen LogP contribution < -0.4 is 5.32 Å². The number of likely N-dealkylation sites (tertiary alicyclic amines) is 1. The summed E-state index contributed by atoms with van der Waals surface area (Å²) >= 11 is 0. The van der Waals surface area contributed by atoms with Gasteiger partial charge in [-0.15, -0.1) is 10.2 Å². The number of benzene rings is 1. The summed E-state index contributed by atoms with van der Waals surface area (Å²) in [7, 11) is 0. The fourth-order valence-electron chi connectivity index (χ4n) is 5.52. The van der Waals surface area contributed by atoms with Crippen molar-refractivity contribution in [3.05, 3.63) is 54.1 Å². The van der Waals surface area contributed by atoms with E-state index < -0.39 is 0 Å². The molecule has 3 fully saturated rings. The van der Waals surface area contributed by atoms with Crippen LogP contribution in [-0.2, 0) is 16.1 Å². The number of carbonyl (C=O) groups is 1. The molecule has 4 heterocycles. The number of hydrogen-bond acceptors (Lipinski definition) is 5. The predicted molar refractivity (Wildman–Crippen MR) is 114 cm³/mol. The van der Waals surface area contributed by atoms with Crippen molar-refractivity contribution in [3.63, 3.8) is 0 Å². The first-order chi connectivity index (χ1) is 14.6. The van der Waals surface area contributed by atoms with Crippen LogP contribution in [0, 0.1) is 18.8 Å². The number of nitrogens with zero attached hydrogens (tertiary/aromatic N) is 4. The third-order valence-corrected chi connectivity index (χ3v) is 7.06. The van der Waals surface area contributed by atoms with Crippen LogP contribution in [0.15, 0.2) is 42.7 Å². The van der Waals surface area contributed by atoms with Crippen molar-refractivity contribution in [2.24, 2.45) is 11.8 Å². The van der Waals surface area contributed by atoms with Crippen LogP contribution in [0.5, 0.6) is 0 Å². The lowest BCUT2D eigenvalue weighted by Crippen LogP contribution is -2.41. The maximum atomic E-state index is 12.3. The van der Waals surface area contributed by atoms with E-state index in [2.05, 4.69) is 25.0 Å². The van der Waals surface area contributed by atoms with E-state index >= 15 is 0 Å². The molecule has 3 aliphatic heterocycles. The monoisotopic (exact) mass is 407 g/mol. The molecular weight excluding hydrogens is 378 g/mol. The highest BCUT2D eigenvalue weighted by Crippen LogP contribution is 2.54. The first kappa shape index (κ1) is 19.5. The van der Waals surface area contributed by atoms with Gasteiger partial charge in [0.15, 0.2) is 0 Å². The minimum Gasteiger partial charge on any atom is -0.370 e. The zero-order valence-corrected chi connectivity index (χ0v) is 17.4. The van der Waals surface area contributed by atoms with Gasteiger partial charge in [0.1, 0.15) is 12.2 Å². The molecule has 1 amide bonds. The summed E-state index contributed by atoms with van der Waals surface area (Å²) < 4.78 is 8.60. The smallest absolute Gasteiger partial charge is 0.244 e. The Morgan fingerprint density at radius 1 is 1.33 bits per heavy atom. The molecule has 2 bridgehead atoms. The summed E-state index contributed by atoms with van der Waals surface area (Å²) in [4.78, 5) is 14.8. The first-order valence-electron chi connectivity index (χ1n) is 10.9. The quantitative estimate of drug-likeness (QED) is 0.710. The number of aromatic nitrogens is 3. The van der Waals surface area contributed by atoms with Gasteiger partial charge in [0.2, 0.25) is 5.91 Å². The van der Waals surface area contributed by atoms with Crippen LogP contribution in [-0.4, -0.2) is 63.5 Å². The zero-order chi connectivity index (χ0) is 20.6. The molecule has 2 aromatic rings. The van der Waals surface area contributed by atoms with Gasteiger partial charge in [-0.1, -0.05) is 30.3 Å². The summed E-state index contributed by atoms with van der Waals surface area (Å²) in [5, 5.41) is 11.2. The second kappa shape index (κ2) is 7.96. The van der Waals surface area contributed by atoms with E-state index in [9.17, 15) is 4.79 Å². The lowest BCUT2D eigenvalue weighted by Gasteiger charge is -2.29. The molecule has 1 spiro atoms. The number of aryl methyl sites for hydroxylation is 1. The maximum absolute atomic E-state index is 12.3. The average Bonchev–Trinajstić information content (AvgIpc) is 3.50. The Balaban J connectivity index is 1.16. The fourth-order valence-corrected chi connectivity index (χ4v) is 5.52. The molecule has 0 radical (unpaired) electrons. The molecule has 4 atom stereocenters. The minimum absolute atomic E-state index is 0.0117. The number of amides is 1. The van der Waals surface area contributed by atoms with Crippen molar-refractivity contribution in [3.8, 4) is 0 Å². The van der Waals surface area contributed by atoms with Crippen LogP contribution in [0.25, 0.3) is 6.08 Å². The third-order valence-electron chi connectivity index (χ3n) is 7.06. The largest absolute Gasteiger partial charge is 0.370 e. The minimum atomic E-state index is -0.0337. The topological polar surface area (TPSA) is 72.3 Å². The molecule has 30 heavy (non-hydrogen) atoms. The lowest BCUT2D eigenvalue weighted by atomic mass is 9.73. The molecule has 0 unspecified atom stereocenters. The zero-order valence-electron chi connectivity index (χ0n) is 17.4. The summed E-state index contributed by atoms with van der Waals surface area (Å²) in [5.74, 6) is 1.81. The van der Waals surface area contributed by atoms with Crippen molar-refractivity contribution < 1.29 is 9.53 Å². The van der Waals surface area contributed by atoms with Crippen LogP contribution >= 0.6 is 0 Å². The maximum Gasteiger partial charge on any atom is 0.244 e. The van der Waals surface area contributed by atoms with E-state index in [1.807, 2.05) is 43.3 Å². The molecule has 158 valence electrons. The second-order valence-electron chi connectivity index (χ2n) is 8.83. The Bertz CT molecular complexity index is 927. The number of rotatable bonds is 7. The van der Waals surface area contributed by atoms with Gasteiger partial charge in [-0.3, -0.25) is 9.69 Å². The standard InChI is InChI=1S/C23H29N5O2/c1-17-26-25-16-28(17)12-11-27-14-20-19(21-9-10-23(20,15-27)30-21)13-24-22(29)8-7-18-5-3-2-4-6-18/h2-8,16,19-21H,9-15H2,1H3,(H,24,29)/t19-,20+,21+,23+/m0/s1. The molecule has 5 rings (SSSR count). The van der Waals surface area contributed by atoms with Gasteiger partial charge in [0, 0.05) is 50.6 Å². The lowest BCUT2D eigenvalue weighted by molar-refractivity contribution is -0.116. The molecule has 1 aromatic heterocycles. The first-order valence-corrected chi connectivity index (χ1v) is 10.9. The Morgan fingerprint density at radius 2 is 2.20 bits per heavy atom. The normalized spacial score (nSPS) is 30.2. The highest BCUT2D eigenvalue weighted by atomic mass is 16.5. The Labute approximate surface area is 177 Å². The third kappa shape index (κ3) is 3.68. The summed E-state index contributed by atoms with van der Waals surface area (Å²) in [6.45, 7) is 6.58. The van der Waals surface area contributed by atoms with Crippen molar-refractivity contribution >= 4 is 12.0 Å². The number of ether oxygens (including phenoxy) is 1. The van der Waals surface area contributed by atoms with E-state index in [0.717, 1.165) is 50.4 Å². The Kier molecular flexibility index (Phi) is 5.16. The number of fused-ring (bicyclic) bond motifs is 1. The molecular formula is C23H29N5O2. The molecule has 0 saturated carbocycles.